The van der Waals surface area contributed by atoms with E-state index in [0.29, 0.717) is 6.54 Å². The Morgan fingerprint density at radius 2 is 1.95 bits per heavy atom. The zero-order chi connectivity index (χ0) is 15.8. The van der Waals surface area contributed by atoms with Crippen molar-refractivity contribution in [2.24, 2.45) is 0 Å². The van der Waals surface area contributed by atoms with Crippen LogP contribution < -0.4 is 5.73 Å². The summed E-state index contributed by atoms with van der Waals surface area (Å²) in [7, 11) is 1.60. The molecule has 0 aliphatic carbocycles. The van der Waals surface area contributed by atoms with Gasteiger partial charge in [-0.2, -0.15) is 13.2 Å². The van der Waals surface area contributed by atoms with E-state index in [1.54, 1.807) is 7.05 Å². The van der Waals surface area contributed by atoms with Gasteiger partial charge in [0.15, 0.2) is 0 Å². The molecule has 2 N–H and O–H groups in total. The van der Waals surface area contributed by atoms with Crippen LogP contribution in [0.25, 0.3) is 0 Å². The molecule has 114 valence electrons. The number of carbonyl (C=O) groups is 2. The lowest BCUT2D eigenvalue weighted by Gasteiger charge is -2.32. The molecule has 0 atom stereocenters. The molecule has 0 spiro atoms. The van der Waals surface area contributed by atoms with Gasteiger partial charge in [0.2, 0.25) is 5.91 Å². The van der Waals surface area contributed by atoms with E-state index >= 15 is 0 Å². The molecule has 0 radical (unpaired) electrons. The number of piperazine rings is 1. The Morgan fingerprint density at radius 3 is 2.52 bits per heavy atom. The molecule has 1 aliphatic heterocycles. The first-order valence-corrected chi connectivity index (χ1v) is 6.20. The van der Waals surface area contributed by atoms with Gasteiger partial charge in [-0.05, 0) is 18.2 Å². The maximum Gasteiger partial charge on any atom is 0.416 e. The van der Waals surface area contributed by atoms with E-state index in [1.165, 1.54) is 9.80 Å². The van der Waals surface area contributed by atoms with Crippen molar-refractivity contribution in [3.8, 4) is 0 Å². The number of anilines is 1. The van der Waals surface area contributed by atoms with Crippen LogP contribution in [0.5, 0.6) is 0 Å². The van der Waals surface area contributed by atoms with Gasteiger partial charge in [0.05, 0.1) is 11.1 Å². The average molecular weight is 301 g/mol. The molecule has 2 amide bonds. The summed E-state index contributed by atoms with van der Waals surface area (Å²) < 4.78 is 38.1. The number of nitrogen functional groups attached to an aromatic ring is 1. The first-order valence-electron chi connectivity index (χ1n) is 6.20. The maximum absolute atomic E-state index is 12.7. The predicted molar refractivity (Wildman–Crippen MR) is 69.4 cm³/mol. The molecular formula is C13H14F3N3O2. The molecule has 5 nitrogen and oxygen atoms in total. The Bertz CT molecular complexity index is 587. The zero-order valence-corrected chi connectivity index (χ0v) is 11.3. The second-order valence-electron chi connectivity index (χ2n) is 4.84. The van der Waals surface area contributed by atoms with Crippen LogP contribution in [0.2, 0.25) is 0 Å². The molecule has 1 saturated heterocycles. The molecule has 0 aromatic heterocycles. The Morgan fingerprint density at radius 1 is 1.29 bits per heavy atom. The first-order chi connectivity index (χ1) is 9.70. The van der Waals surface area contributed by atoms with Gasteiger partial charge in [-0.15, -0.1) is 0 Å². The number of hydrogen-bond acceptors (Lipinski definition) is 3. The maximum atomic E-state index is 12.7. The highest BCUT2D eigenvalue weighted by atomic mass is 19.4. The quantitative estimate of drug-likeness (QED) is 0.793. The fraction of sp³-hybridized carbons (Fsp3) is 0.385. The number of likely N-dealkylation sites (N-methyl/N-ethyl adjacent to an activating group) is 1. The Hall–Kier alpha value is -2.25. The number of halogens is 3. The fourth-order valence-electron chi connectivity index (χ4n) is 2.02. The molecule has 0 saturated carbocycles. The monoisotopic (exact) mass is 301 g/mol. The van der Waals surface area contributed by atoms with Crippen LogP contribution in [-0.2, 0) is 11.0 Å². The molecule has 0 bridgehead atoms. The second-order valence-corrected chi connectivity index (χ2v) is 4.84. The molecular weight excluding hydrogens is 287 g/mol. The number of nitrogens with two attached hydrogens (primary N) is 1. The lowest BCUT2D eigenvalue weighted by atomic mass is 10.1. The molecule has 0 unspecified atom stereocenters. The van der Waals surface area contributed by atoms with Crippen molar-refractivity contribution in [2.75, 3.05) is 32.4 Å². The lowest BCUT2D eigenvalue weighted by Crippen LogP contribution is -2.50. The van der Waals surface area contributed by atoms with Crippen molar-refractivity contribution >= 4 is 17.5 Å². The molecule has 1 aliphatic rings. The van der Waals surface area contributed by atoms with Gasteiger partial charge in [0, 0.05) is 25.8 Å². The van der Waals surface area contributed by atoms with Crippen molar-refractivity contribution < 1.29 is 22.8 Å². The highest BCUT2D eigenvalue weighted by Gasteiger charge is 2.33. The summed E-state index contributed by atoms with van der Waals surface area (Å²) in [5.41, 5.74) is 4.37. The van der Waals surface area contributed by atoms with E-state index in [9.17, 15) is 22.8 Å². The number of alkyl halides is 3. The normalized spacial score (nSPS) is 16.3. The number of carbonyl (C=O) groups excluding carboxylic acids is 2. The fourth-order valence-corrected chi connectivity index (χ4v) is 2.02. The van der Waals surface area contributed by atoms with Crippen molar-refractivity contribution in [3.05, 3.63) is 29.3 Å². The Labute approximate surface area is 119 Å². The topological polar surface area (TPSA) is 66.6 Å². The Balaban J connectivity index is 2.29. The minimum absolute atomic E-state index is 0.0422. The van der Waals surface area contributed by atoms with Crippen LogP contribution in [0.15, 0.2) is 18.2 Å². The Kier molecular flexibility index (Phi) is 3.80. The van der Waals surface area contributed by atoms with E-state index in [1.807, 2.05) is 0 Å². The summed E-state index contributed by atoms with van der Waals surface area (Å²) in [5, 5.41) is 0. The smallest absolute Gasteiger partial charge is 0.398 e. The van der Waals surface area contributed by atoms with E-state index in [2.05, 4.69) is 0 Å². The summed E-state index contributed by atoms with van der Waals surface area (Å²) in [6.07, 6.45) is -4.55. The van der Waals surface area contributed by atoms with Gasteiger partial charge >= 0.3 is 6.18 Å². The van der Waals surface area contributed by atoms with Gasteiger partial charge in [-0.3, -0.25) is 9.59 Å². The van der Waals surface area contributed by atoms with Crippen LogP contribution >= 0.6 is 0 Å². The molecule has 1 aromatic carbocycles. The average Bonchev–Trinajstić information content (AvgIpc) is 2.40. The SMILES string of the molecule is CN1CCN(C(=O)c2cc(C(F)(F)F)ccc2N)CC1=O. The first kappa shape index (κ1) is 15.1. The van der Waals surface area contributed by atoms with Crippen LogP contribution in [0.3, 0.4) is 0 Å². The number of rotatable bonds is 1. The van der Waals surface area contributed by atoms with E-state index in [0.717, 1.165) is 18.2 Å². The van der Waals surface area contributed by atoms with Crippen LogP contribution in [0, 0.1) is 0 Å². The van der Waals surface area contributed by atoms with Crippen LogP contribution in [0.4, 0.5) is 18.9 Å². The lowest BCUT2D eigenvalue weighted by molar-refractivity contribution is -0.137. The van der Waals surface area contributed by atoms with Crippen LogP contribution in [-0.4, -0.2) is 48.3 Å². The molecule has 21 heavy (non-hydrogen) atoms. The minimum atomic E-state index is -4.55. The molecule has 1 aromatic rings. The van der Waals surface area contributed by atoms with Crippen molar-refractivity contribution in [3.63, 3.8) is 0 Å². The standard InChI is InChI=1S/C13H14F3N3O2/c1-18-4-5-19(7-11(18)20)12(21)9-6-8(13(14,15)16)2-3-10(9)17/h2-3,6H,4-5,7,17H2,1H3. The van der Waals surface area contributed by atoms with Gasteiger partial charge in [0.1, 0.15) is 6.54 Å². The number of nitrogens with zero attached hydrogens (tertiary/aromatic N) is 2. The number of hydrogen-bond donors (Lipinski definition) is 1. The predicted octanol–water partition coefficient (Wildman–Crippen LogP) is 1.20. The van der Waals surface area contributed by atoms with E-state index in [-0.39, 0.29) is 30.2 Å². The minimum Gasteiger partial charge on any atom is -0.398 e. The zero-order valence-electron chi connectivity index (χ0n) is 11.3. The molecule has 2 rings (SSSR count). The summed E-state index contributed by atoms with van der Waals surface area (Å²) in [4.78, 5) is 26.5. The number of benzene rings is 1. The summed E-state index contributed by atoms with van der Waals surface area (Å²) in [6.45, 7) is 0.436. The van der Waals surface area contributed by atoms with Gasteiger partial charge in [-0.25, -0.2) is 0 Å². The molecule has 1 fully saturated rings. The van der Waals surface area contributed by atoms with Crippen molar-refractivity contribution in [1.29, 1.82) is 0 Å². The largest absolute Gasteiger partial charge is 0.416 e. The summed E-state index contributed by atoms with van der Waals surface area (Å²) >= 11 is 0. The third-order valence-electron chi connectivity index (χ3n) is 3.36. The van der Waals surface area contributed by atoms with Gasteiger partial charge in [-0.1, -0.05) is 0 Å². The van der Waals surface area contributed by atoms with Crippen molar-refractivity contribution in [1.82, 2.24) is 9.80 Å². The molecule has 8 heteroatoms. The second kappa shape index (κ2) is 5.27. The van der Waals surface area contributed by atoms with E-state index in [4.69, 9.17) is 5.73 Å². The van der Waals surface area contributed by atoms with Gasteiger partial charge in [0.25, 0.3) is 5.91 Å². The number of amides is 2. The van der Waals surface area contributed by atoms with E-state index < -0.39 is 17.6 Å². The van der Waals surface area contributed by atoms with Crippen LogP contribution in [0.1, 0.15) is 15.9 Å². The summed E-state index contributed by atoms with van der Waals surface area (Å²) in [6, 6.07) is 2.59. The highest BCUT2D eigenvalue weighted by molar-refractivity contribution is 6.01. The van der Waals surface area contributed by atoms with Crippen molar-refractivity contribution in [2.45, 2.75) is 6.18 Å². The highest BCUT2D eigenvalue weighted by Crippen LogP contribution is 2.31. The van der Waals surface area contributed by atoms with Gasteiger partial charge < -0.3 is 15.5 Å². The molecule has 1 heterocycles. The third-order valence-corrected chi connectivity index (χ3v) is 3.36. The third kappa shape index (κ3) is 3.09. The summed E-state index contributed by atoms with van der Waals surface area (Å²) in [5.74, 6) is -0.930.